The second kappa shape index (κ2) is 7.42. The first-order chi connectivity index (χ1) is 12.1. The molecule has 3 rings (SSSR count). The number of rotatable bonds is 5. The maximum atomic E-state index is 11.0. The number of nitrogens with zero attached hydrogens (tertiary/aromatic N) is 3. The number of aromatic nitrogens is 1. The highest BCUT2D eigenvalue weighted by atomic mass is 32.1. The Morgan fingerprint density at radius 3 is 2.76 bits per heavy atom. The van der Waals surface area contributed by atoms with Crippen LogP contribution >= 0.6 is 11.3 Å². The average Bonchev–Trinajstić information content (AvgIpc) is 2.98. The summed E-state index contributed by atoms with van der Waals surface area (Å²) in [7, 11) is 0. The van der Waals surface area contributed by atoms with Gasteiger partial charge in [-0.15, -0.1) is 11.3 Å². The van der Waals surface area contributed by atoms with Gasteiger partial charge in [0, 0.05) is 29.6 Å². The van der Waals surface area contributed by atoms with Gasteiger partial charge < -0.3 is 9.67 Å². The van der Waals surface area contributed by atoms with Crippen molar-refractivity contribution in [3.63, 3.8) is 0 Å². The third kappa shape index (κ3) is 3.84. The number of aliphatic hydroxyl groups is 1. The van der Waals surface area contributed by atoms with Gasteiger partial charge in [0.15, 0.2) is 4.80 Å². The van der Waals surface area contributed by atoms with Crippen molar-refractivity contribution < 1.29 is 10.0 Å². The lowest BCUT2D eigenvalue weighted by atomic mass is 10.1. The number of hydrogen-bond acceptors (Lipinski definition) is 5. The van der Waals surface area contributed by atoms with Crippen LogP contribution in [0.3, 0.4) is 0 Å². The molecule has 0 aliphatic heterocycles. The molecule has 1 heterocycles. The number of thiazole rings is 1. The van der Waals surface area contributed by atoms with E-state index in [-0.39, 0.29) is 12.3 Å². The van der Waals surface area contributed by atoms with Gasteiger partial charge in [0.05, 0.1) is 22.9 Å². The Morgan fingerprint density at radius 2 is 2.04 bits per heavy atom. The molecule has 0 atom stereocenters. The summed E-state index contributed by atoms with van der Waals surface area (Å²) in [5, 5.41) is 22.3. The Kier molecular flexibility index (Phi) is 5.06. The van der Waals surface area contributed by atoms with Crippen LogP contribution in [0.1, 0.15) is 5.56 Å². The predicted octanol–water partition coefficient (Wildman–Crippen LogP) is 3.66. The summed E-state index contributed by atoms with van der Waals surface area (Å²) < 4.78 is 1.88. The highest BCUT2D eigenvalue weighted by Crippen LogP contribution is 2.25. The van der Waals surface area contributed by atoms with E-state index in [9.17, 15) is 15.2 Å². The zero-order valence-electron chi connectivity index (χ0n) is 13.6. The van der Waals surface area contributed by atoms with E-state index in [4.69, 9.17) is 0 Å². The van der Waals surface area contributed by atoms with Gasteiger partial charge in [-0.1, -0.05) is 24.3 Å². The Morgan fingerprint density at radius 1 is 1.24 bits per heavy atom. The van der Waals surface area contributed by atoms with Gasteiger partial charge in [0.2, 0.25) is 0 Å². The second-order valence-electron chi connectivity index (χ2n) is 5.54. The van der Waals surface area contributed by atoms with Crippen LogP contribution < -0.4 is 4.80 Å². The lowest BCUT2D eigenvalue weighted by Crippen LogP contribution is -2.17. The van der Waals surface area contributed by atoms with Crippen LogP contribution in [0.4, 0.5) is 11.4 Å². The molecule has 128 valence electrons. The Bertz CT molecular complexity index is 975. The van der Waals surface area contributed by atoms with Gasteiger partial charge >= 0.3 is 0 Å². The topological polar surface area (TPSA) is 80.7 Å². The molecule has 1 N–H and O–H groups in total. The van der Waals surface area contributed by atoms with Crippen molar-refractivity contribution in [2.75, 3.05) is 6.61 Å². The minimum atomic E-state index is -0.412. The zero-order valence-corrected chi connectivity index (χ0v) is 14.4. The van der Waals surface area contributed by atoms with E-state index in [1.54, 1.807) is 6.07 Å². The zero-order chi connectivity index (χ0) is 17.8. The highest BCUT2D eigenvalue weighted by molar-refractivity contribution is 7.07. The molecule has 0 fully saturated rings. The summed E-state index contributed by atoms with van der Waals surface area (Å²) >= 11 is 1.44. The summed E-state index contributed by atoms with van der Waals surface area (Å²) in [4.78, 5) is 16.0. The number of nitro benzene ring substituents is 1. The molecular weight excluding hydrogens is 338 g/mol. The SMILES string of the molecule is Cc1cccc(N=c2scc(-c3cccc([N+](=O)[O-])c3)n2CCO)c1. The number of nitro groups is 1. The molecule has 0 spiro atoms. The normalized spacial score (nSPS) is 11.7. The van der Waals surface area contributed by atoms with Crippen LogP contribution in [0, 0.1) is 17.0 Å². The first-order valence-electron chi connectivity index (χ1n) is 7.74. The van der Waals surface area contributed by atoms with E-state index < -0.39 is 4.92 Å². The average molecular weight is 355 g/mol. The number of benzene rings is 2. The van der Waals surface area contributed by atoms with Crippen molar-refractivity contribution in [2.24, 2.45) is 4.99 Å². The van der Waals surface area contributed by atoms with Crippen LogP contribution in [0.15, 0.2) is 58.9 Å². The Hall–Kier alpha value is -2.77. The number of aryl methyl sites for hydroxylation is 1. The van der Waals surface area contributed by atoms with Crippen molar-refractivity contribution >= 4 is 22.7 Å². The van der Waals surface area contributed by atoms with Crippen molar-refractivity contribution in [3.8, 4) is 11.3 Å². The molecule has 7 heteroatoms. The first-order valence-corrected chi connectivity index (χ1v) is 8.62. The third-order valence-corrected chi connectivity index (χ3v) is 4.56. The summed E-state index contributed by atoms with van der Waals surface area (Å²) in [5.41, 5.74) is 3.51. The quantitative estimate of drug-likeness (QED) is 0.560. The van der Waals surface area contributed by atoms with E-state index in [0.29, 0.717) is 6.54 Å². The molecule has 6 nitrogen and oxygen atoms in total. The lowest BCUT2D eigenvalue weighted by Gasteiger charge is -2.07. The summed E-state index contributed by atoms with van der Waals surface area (Å²) in [6.07, 6.45) is 0. The van der Waals surface area contributed by atoms with Crippen LogP contribution in [-0.2, 0) is 6.54 Å². The predicted molar refractivity (Wildman–Crippen MR) is 97.9 cm³/mol. The van der Waals surface area contributed by atoms with E-state index in [0.717, 1.165) is 27.3 Å². The van der Waals surface area contributed by atoms with Crippen LogP contribution in [0.5, 0.6) is 0 Å². The molecule has 0 saturated carbocycles. The van der Waals surface area contributed by atoms with Crippen LogP contribution in [-0.4, -0.2) is 21.2 Å². The van der Waals surface area contributed by atoms with Crippen molar-refractivity contribution in [1.82, 2.24) is 4.57 Å². The fraction of sp³-hybridized carbons (Fsp3) is 0.167. The van der Waals surface area contributed by atoms with Crippen molar-refractivity contribution in [2.45, 2.75) is 13.5 Å². The maximum absolute atomic E-state index is 11.0. The van der Waals surface area contributed by atoms with E-state index in [1.807, 2.05) is 47.2 Å². The van der Waals surface area contributed by atoms with E-state index in [2.05, 4.69) is 4.99 Å². The van der Waals surface area contributed by atoms with Gasteiger partial charge in [-0.05, 0) is 24.6 Å². The van der Waals surface area contributed by atoms with E-state index in [1.165, 1.54) is 23.5 Å². The largest absolute Gasteiger partial charge is 0.395 e. The molecule has 0 bridgehead atoms. The van der Waals surface area contributed by atoms with Crippen LogP contribution in [0.25, 0.3) is 11.3 Å². The minimum absolute atomic E-state index is 0.0384. The third-order valence-electron chi connectivity index (χ3n) is 3.70. The molecule has 3 aromatic rings. The molecule has 25 heavy (non-hydrogen) atoms. The first kappa shape index (κ1) is 17.1. The highest BCUT2D eigenvalue weighted by Gasteiger charge is 2.12. The standard InChI is InChI=1S/C18H17N3O3S/c1-13-4-2-6-15(10-13)19-18-20(8-9-22)17(12-25-18)14-5-3-7-16(11-14)21(23)24/h2-7,10-12,22H,8-9H2,1H3. The van der Waals surface area contributed by atoms with Gasteiger partial charge in [-0.25, -0.2) is 4.99 Å². The van der Waals surface area contributed by atoms with Crippen molar-refractivity contribution in [1.29, 1.82) is 0 Å². The molecule has 0 aliphatic carbocycles. The lowest BCUT2D eigenvalue weighted by molar-refractivity contribution is -0.384. The molecule has 0 amide bonds. The van der Waals surface area contributed by atoms with Crippen molar-refractivity contribution in [3.05, 3.63) is 74.4 Å². The number of hydrogen-bond donors (Lipinski definition) is 1. The summed E-state index contributed by atoms with van der Waals surface area (Å²) in [5.74, 6) is 0. The molecular formula is C18H17N3O3S. The van der Waals surface area contributed by atoms with E-state index >= 15 is 0 Å². The monoisotopic (exact) mass is 355 g/mol. The molecule has 1 aromatic heterocycles. The molecule has 0 aliphatic rings. The van der Waals surface area contributed by atoms with Gasteiger partial charge in [-0.2, -0.15) is 0 Å². The fourth-order valence-corrected chi connectivity index (χ4v) is 3.51. The van der Waals surface area contributed by atoms with Gasteiger partial charge in [-0.3, -0.25) is 10.1 Å². The molecule has 0 saturated heterocycles. The Balaban J connectivity index is 2.12. The molecule has 2 aromatic carbocycles. The number of non-ortho nitro benzene ring substituents is 1. The number of aliphatic hydroxyl groups excluding tert-OH is 1. The summed E-state index contributed by atoms with van der Waals surface area (Å²) in [6.45, 7) is 2.33. The van der Waals surface area contributed by atoms with Gasteiger partial charge in [0.25, 0.3) is 5.69 Å². The fourth-order valence-electron chi connectivity index (χ4n) is 2.55. The smallest absolute Gasteiger partial charge is 0.270 e. The molecule has 0 radical (unpaired) electrons. The van der Waals surface area contributed by atoms with Gasteiger partial charge in [0.1, 0.15) is 0 Å². The maximum Gasteiger partial charge on any atom is 0.270 e. The minimum Gasteiger partial charge on any atom is -0.395 e. The summed E-state index contributed by atoms with van der Waals surface area (Å²) in [6, 6.07) is 14.3. The molecule has 0 unspecified atom stereocenters. The second-order valence-corrected chi connectivity index (χ2v) is 6.37. The van der Waals surface area contributed by atoms with Crippen LogP contribution in [0.2, 0.25) is 0 Å². The Labute approximate surface area is 148 Å².